The Morgan fingerprint density at radius 2 is 1.85 bits per heavy atom. The average molecular weight is 388 g/mol. The molecule has 0 aliphatic carbocycles. The maximum atomic E-state index is 12.4. The van der Waals surface area contributed by atoms with E-state index in [-0.39, 0.29) is 18.9 Å². The molecule has 1 saturated heterocycles. The number of ether oxygens (including phenoxy) is 2. The Kier molecular flexibility index (Phi) is 5.46. The van der Waals surface area contributed by atoms with Crippen LogP contribution < -0.4 is 9.64 Å². The highest BCUT2D eigenvalue weighted by molar-refractivity contribution is 6.31. The summed E-state index contributed by atoms with van der Waals surface area (Å²) in [6.45, 7) is 2.11. The van der Waals surface area contributed by atoms with Crippen LogP contribution in [0.4, 0.5) is 5.69 Å². The minimum Gasteiger partial charge on any atom is -0.465 e. The second-order valence-corrected chi connectivity index (χ2v) is 6.68. The number of nitrogens with zero attached hydrogens (tertiary/aromatic N) is 1. The first kappa shape index (κ1) is 18.9. The molecular weight excluding hydrogens is 370 g/mol. The van der Waals surface area contributed by atoms with Gasteiger partial charge in [-0.05, 0) is 48.9 Å². The molecule has 1 fully saturated rings. The van der Waals surface area contributed by atoms with Gasteiger partial charge in [-0.1, -0.05) is 17.7 Å². The van der Waals surface area contributed by atoms with Crippen molar-refractivity contribution in [1.82, 2.24) is 0 Å². The van der Waals surface area contributed by atoms with Crippen molar-refractivity contribution in [2.24, 2.45) is 5.92 Å². The number of methoxy groups -OCH3 is 1. The molecule has 2 aromatic rings. The molecule has 3 rings (SSSR count). The highest BCUT2D eigenvalue weighted by Gasteiger charge is 2.36. The molecule has 0 spiro atoms. The fourth-order valence-corrected chi connectivity index (χ4v) is 3.02. The number of esters is 2. The van der Waals surface area contributed by atoms with Gasteiger partial charge in [0.25, 0.3) is 0 Å². The third-order valence-electron chi connectivity index (χ3n) is 4.42. The van der Waals surface area contributed by atoms with E-state index in [0.29, 0.717) is 22.0 Å². The number of amides is 1. The van der Waals surface area contributed by atoms with Gasteiger partial charge in [-0.15, -0.1) is 0 Å². The number of benzene rings is 2. The van der Waals surface area contributed by atoms with Gasteiger partial charge < -0.3 is 14.4 Å². The zero-order valence-electron chi connectivity index (χ0n) is 14.9. The first-order valence-corrected chi connectivity index (χ1v) is 8.73. The second-order valence-electron chi connectivity index (χ2n) is 6.28. The second kappa shape index (κ2) is 7.80. The Labute approximate surface area is 161 Å². The van der Waals surface area contributed by atoms with Crippen molar-refractivity contribution in [2.45, 2.75) is 13.3 Å². The van der Waals surface area contributed by atoms with Gasteiger partial charge in [-0.25, -0.2) is 4.79 Å². The van der Waals surface area contributed by atoms with Gasteiger partial charge in [0, 0.05) is 23.7 Å². The Hall–Kier alpha value is -2.86. The molecule has 2 aromatic carbocycles. The average Bonchev–Trinajstić information content (AvgIpc) is 3.06. The molecule has 0 radical (unpaired) electrons. The van der Waals surface area contributed by atoms with Crippen LogP contribution in [0.25, 0.3) is 0 Å². The predicted molar refractivity (Wildman–Crippen MR) is 100 cm³/mol. The van der Waals surface area contributed by atoms with Crippen LogP contribution in [-0.2, 0) is 14.3 Å². The molecular formula is C20H18ClNO5. The standard InChI is InChI=1S/C20H18ClNO5/c1-12-3-6-15(10-17(12)21)22-11-14(9-18(22)23)20(25)27-16-7-4-13(5-8-16)19(24)26-2/h3-8,10,14H,9,11H2,1-2H3/t14-/m1/s1. The summed E-state index contributed by atoms with van der Waals surface area (Å²) < 4.78 is 9.97. The molecule has 27 heavy (non-hydrogen) atoms. The largest absolute Gasteiger partial charge is 0.465 e. The van der Waals surface area contributed by atoms with Crippen LogP contribution in [0.5, 0.6) is 5.75 Å². The minimum absolute atomic E-state index is 0.0740. The number of anilines is 1. The molecule has 140 valence electrons. The maximum Gasteiger partial charge on any atom is 0.337 e. The summed E-state index contributed by atoms with van der Waals surface area (Å²) in [6, 6.07) is 11.4. The molecule has 0 aromatic heterocycles. The lowest BCUT2D eigenvalue weighted by molar-refractivity contribution is -0.139. The van der Waals surface area contributed by atoms with E-state index in [2.05, 4.69) is 4.74 Å². The highest BCUT2D eigenvalue weighted by atomic mass is 35.5. The molecule has 1 heterocycles. The van der Waals surface area contributed by atoms with Crippen molar-refractivity contribution in [2.75, 3.05) is 18.6 Å². The van der Waals surface area contributed by atoms with Crippen molar-refractivity contribution in [3.63, 3.8) is 0 Å². The molecule has 1 atom stereocenters. The topological polar surface area (TPSA) is 72.9 Å². The molecule has 6 nitrogen and oxygen atoms in total. The Bertz CT molecular complexity index is 894. The first-order chi connectivity index (χ1) is 12.9. The highest BCUT2D eigenvalue weighted by Crippen LogP contribution is 2.29. The smallest absolute Gasteiger partial charge is 0.337 e. The number of hydrogen-bond donors (Lipinski definition) is 0. The van der Waals surface area contributed by atoms with Crippen molar-refractivity contribution < 1.29 is 23.9 Å². The zero-order chi connectivity index (χ0) is 19.6. The maximum absolute atomic E-state index is 12.4. The van der Waals surface area contributed by atoms with E-state index in [4.69, 9.17) is 16.3 Å². The molecule has 7 heteroatoms. The molecule has 0 N–H and O–H groups in total. The number of hydrogen-bond acceptors (Lipinski definition) is 5. The number of aryl methyl sites for hydroxylation is 1. The molecule has 0 saturated carbocycles. The lowest BCUT2D eigenvalue weighted by Crippen LogP contribution is -2.27. The SMILES string of the molecule is COC(=O)c1ccc(OC(=O)[C@@H]2CC(=O)N(c3ccc(C)c(Cl)c3)C2)cc1. The Morgan fingerprint density at radius 3 is 2.48 bits per heavy atom. The monoisotopic (exact) mass is 387 g/mol. The fraction of sp³-hybridized carbons (Fsp3) is 0.250. The summed E-state index contributed by atoms with van der Waals surface area (Å²) >= 11 is 6.13. The van der Waals surface area contributed by atoms with Crippen molar-refractivity contribution in [1.29, 1.82) is 0 Å². The number of halogens is 1. The first-order valence-electron chi connectivity index (χ1n) is 8.35. The predicted octanol–water partition coefficient (Wildman–Crippen LogP) is 3.39. The van der Waals surface area contributed by atoms with Crippen molar-refractivity contribution in [3.05, 3.63) is 58.6 Å². The van der Waals surface area contributed by atoms with E-state index in [9.17, 15) is 14.4 Å². The summed E-state index contributed by atoms with van der Waals surface area (Å²) in [7, 11) is 1.29. The van der Waals surface area contributed by atoms with Gasteiger partial charge >= 0.3 is 11.9 Å². The molecule has 1 aliphatic rings. The third-order valence-corrected chi connectivity index (χ3v) is 4.83. The van der Waals surface area contributed by atoms with Crippen LogP contribution in [0.1, 0.15) is 22.3 Å². The number of carbonyl (C=O) groups is 3. The normalized spacial score (nSPS) is 16.3. The van der Waals surface area contributed by atoms with Crippen LogP contribution in [0.15, 0.2) is 42.5 Å². The van der Waals surface area contributed by atoms with Gasteiger partial charge in [-0.2, -0.15) is 0 Å². The summed E-state index contributed by atoms with van der Waals surface area (Å²) in [5, 5.41) is 0.567. The molecule has 1 amide bonds. The third kappa shape index (κ3) is 4.11. The van der Waals surface area contributed by atoms with Gasteiger partial charge in [0.05, 0.1) is 18.6 Å². The van der Waals surface area contributed by atoms with Gasteiger partial charge in [0.1, 0.15) is 5.75 Å². The summed E-state index contributed by atoms with van der Waals surface area (Å²) in [5.74, 6) is -1.38. The number of carbonyl (C=O) groups excluding carboxylic acids is 3. The molecule has 1 aliphatic heterocycles. The summed E-state index contributed by atoms with van der Waals surface area (Å²) in [4.78, 5) is 37.7. The zero-order valence-corrected chi connectivity index (χ0v) is 15.7. The van der Waals surface area contributed by atoms with E-state index in [0.717, 1.165) is 5.56 Å². The van der Waals surface area contributed by atoms with E-state index in [1.165, 1.54) is 36.3 Å². The van der Waals surface area contributed by atoms with Gasteiger partial charge in [0.15, 0.2) is 0 Å². The van der Waals surface area contributed by atoms with Crippen molar-refractivity contribution in [3.8, 4) is 5.75 Å². The Morgan fingerprint density at radius 1 is 1.15 bits per heavy atom. The van der Waals surface area contributed by atoms with Crippen LogP contribution >= 0.6 is 11.6 Å². The quantitative estimate of drug-likeness (QED) is 0.594. The van der Waals surface area contributed by atoms with E-state index in [1.54, 1.807) is 12.1 Å². The van der Waals surface area contributed by atoms with Crippen LogP contribution in [0.2, 0.25) is 5.02 Å². The Balaban J connectivity index is 1.66. The van der Waals surface area contributed by atoms with Gasteiger partial charge in [0.2, 0.25) is 5.91 Å². The summed E-state index contributed by atoms with van der Waals surface area (Å²) in [6.07, 6.45) is 0.0740. The van der Waals surface area contributed by atoms with Gasteiger partial charge in [-0.3, -0.25) is 9.59 Å². The summed E-state index contributed by atoms with van der Waals surface area (Å²) in [5.41, 5.74) is 1.93. The van der Waals surface area contributed by atoms with Crippen LogP contribution in [-0.4, -0.2) is 31.5 Å². The minimum atomic E-state index is -0.571. The lowest BCUT2D eigenvalue weighted by Gasteiger charge is -2.17. The fourth-order valence-electron chi connectivity index (χ4n) is 2.84. The van der Waals surface area contributed by atoms with Crippen molar-refractivity contribution >= 4 is 35.1 Å². The van der Waals surface area contributed by atoms with Crippen LogP contribution in [0.3, 0.4) is 0 Å². The van der Waals surface area contributed by atoms with E-state index < -0.39 is 17.9 Å². The van der Waals surface area contributed by atoms with E-state index >= 15 is 0 Å². The molecule has 0 bridgehead atoms. The van der Waals surface area contributed by atoms with Crippen LogP contribution in [0, 0.1) is 12.8 Å². The lowest BCUT2D eigenvalue weighted by atomic mass is 10.1. The molecule has 0 unspecified atom stereocenters. The number of rotatable bonds is 4. The van der Waals surface area contributed by atoms with E-state index in [1.807, 2.05) is 13.0 Å².